The number of nitrogens with one attached hydrogen (secondary N) is 2. The van der Waals surface area contributed by atoms with E-state index in [0.29, 0.717) is 18.2 Å². The second-order valence-corrected chi connectivity index (χ2v) is 5.81. The van der Waals surface area contributed by atoms with Crippen molar-refractivity contribution in [1.82, 2.24) is 15.5 Å². The number of carbonyl (C=O) groups is 1. The Labute approximate surface area is 137 Å². The van der Waals surface area contributed by atoms with Crippen molar-refractivity contribution in [2.75, 3.05) is 13.1 Å². The summed E-state index contributed by atoms with van der Waals surface area (Å²) in [6, 6.07) is 7.88. The summed E-state index contributed by atoms with van der Waals surface area (Å²) in [6.07, 6.45) is 0. The van der Waals surface area contributed by atoms with Gasteiger partial charge in [-0.15, -0.1) is 0 Å². The fraction of sp³-hybridized carbons (Fsp3) is 0.412. The zero-order valence-corrected chi connectivity index (χ0v) is 14.4. The number of amides is 1. The number of nitrogens with zero attached hydrogens (tertiary/aromatic N) is 1. The van der Waals surface area contributed by atoms with Gasteiger partial charge in [0.25, 0.3) is 5.91 Å². The van der Waals surface area contributed by atoms with E-state index in [4.69, 9.17) is 12.2 Å². The van der Waals surface area contributed by atoms with Gasteiger partial charge in [0.05, 0.1) is 11.6 Å². The number of rotatable bonds is 4. The molecule has 4 nitrogen and oxygen atoms in total. The van der Waals surface area contributed by atoms with Crippen LogP contribution >= 0.6 is 12.2 Å². The molecule has 22 heavy (non-hydrogen) atoms. The van der Waals surface area contributed by atoms with E-state index < -0.39 is 0 Å². The summed E-state index contributed by atoms with van der Waals surface area (Å²) in [5, 5.41) is 6.90. The van der Waals surface area contributed by atoms with Crippen LogP contribution in [0.5, 0.6) is 0 Å². The lowest BCUT2D eigenvalue weighted by Gasteiger charge is -2.33. The standard InChI is InChI=1S/C17H23N3OS/c1-5-20(6-2)16(21)14-12(4)18-17(22)19-15(14)13-10-8-7-9-11(13)3/h7-10,15H,5-6H2,1-4H3,(H2,18,19,22)/t15-/m1/s1. The summed E-state index contributed by atoms with van der Waals surface area (Å²) >= 11 is 5.28. The van der Waals surface area contributed by atoms with Crippen molar-refractivity contribution in [1.29, 1.82) is 0 Å². The Morgan fingerprint density at radius 3 is 2.45 bits per heavy atom. The first-order valence-electron chi connectivity index (χ1n) is 7.62. The molecule has 0 fully saturated rings. The van der Waals surface area contributed by atoms with Crippen molar-refractivity contribution >= 4 is 23.2 Å². The summed E-state index contributed by atoms with van der Waals surface area (Å²) < 4.78 is 0. The minimum absolute atomic E-state index is 0.0539. The van der Waals surface area contributed by atoms with Crippen LogP contribution in [0.3, 0.4) is 0 Å². The first-order chi connectivity index (χ1) is 10.5. The zero-order valence-electron chi connectivity index (χ0n) is 13.6. The maximum Gasteiger partial charge on any atom is 0.253 e. The van der Waals surface area contributed by atoms with Gasteiger partial charge in [0.1, 0.15) is 0 Å². The van der Waals surface area contributed by atoms with Crippen LogP contribution in [0.25, 0.3) is 0 Å². The predicted octanol–water partition coefficient (Wildman–Crippen LogP) is 2.66. The predicted molar refractivity (Wildman–Crippen MR) is 93.4 cm³/mol. The maximum atomic E-state index is 12.9. The molecule has 1 aromatic carbocycles. The zero-order chi connectivity index (χ0) is 16.3. The van der Waals surface area contributed by atoms with Gasteiger partial charge in [-0.05, 0) is 51.0 Å². The minimum Gasteiger partial charge on any atom is -0.351 e. The summed E-state index contributed by atoms with van der Waals surface area (Å²) in [5.74, 6) is 0.0539. The minimum atomic E-state index is -0.206. The molecular weight excluding hydrogens is 294 g/mol. The summed E-state index contributed by atoms with van der Waals surface area (Å²) in [7, 11) is 0. The van der Waals surface area contributed by atoms with Gasteiger partial charge in [-0.2, -0.15) is 0 Å². The molecule has 0 saturated carbocycles. The molecule has 1 aliphatic rings. The molecule has 0 radical (unpaired) electrons. The van der Waals surface area contributed by atoms with Crippen molar-refractivity contribution in [3.8, 4) is 0 Å². The molecule has 5 heteroatoms. The van der Waals surface area contributed by atoms with Crippen LogP contribution < -0.4 is 10.6 Å². The van der Waals surface area contributed by atoms with Crippen molar-refractivity contribution in [2.24, 2.45) is 0 Å². The van der Waals surface area contributed by atoms with E-state index in [1.54, 1.807) is 0 Å². The maximum absolute atomic E-state index is 12.9. The number of thiocarbonyl (C=S) groups is 1. The van der Waals surface area contributed by atoms with Gasteiger partial charge in [0.2, 0.25) is 0 Å². The quantitative estimate of drug-likeness (QED) is 0.838. The van der Waals surface area contributed by atoms with Crippen LogP contribution in [0.15, 0.2) is 35.5 Å². The molecule has 0 aromatic heterocycles. The number of aryl methyl sites for hydroxylation is 1. The van der Waals surface area contributed by atoms with Gasteiger partial charge in [-0.25, -0.2) is 0 Å². The number of likely N-dealkylation sites (N-methyl/N-ethyl adjacent to an activating group) is 1. The number of carbonyl (C=O) groups excluding carboxylic acids is 1. The van der Waals surface area contributed by atoms with E-state index in [0.717, 1.165) is 22.4 Å². The average Bonchev–Trinajstić information content (AvgIpc) is 2.48. The van der Waals surface area contributed by atoms with E-state index in [1.165, 1.54) is 0 Å². The molecule has 0 aliphatic carbocycles. The number of hydrogen-bond donors (Lipinski definition) is 2. The summed E-state index contributed by atoms with van der Waals surface area (Å²) in [6.45, 7) is 9.34. The van der Waals surface area contributed by atoms with Crippen molar-refractivity contribution in [2.45, 2.75) is 33.7 Å². The van der Waals surface area contributed by atoms with Gasteiger partial charge >= 0.3 is 0 Å². The first-order valence-corrected chi connectivity index (χ1v) is 8.03. The van der Waals surface area contributed by atoms with Crippen LogP contribution in [0.2, 0.25) is 0 Å². The molecule has 118 valence electrons. The molecular formula is C17H23N3OS. The molecule has 0 saturated heterocycles. The highest BCUT2D eigenvalue weighted by atomic mass is 32.1. The lowest BCUT2D eigenvalue weighted by atomic mass is 9.91. The molecule has 1 aromatic rings. The van der Waals surface area contributed by atoms with Gasteiger partial charge in [0.15, 0.2) is 5.11 Å². The number of hydrogen-bond acceptors (Lipinski definition) is 2. The smallest absolute Gasteiger partial charge is 0.253 e. The van der Waals surface area contributed by atoms with E-state index in [2.05, 4.69) is 23.6 Å². The number of allylic oxidation sites excluding steroid dienone is 1. The Balaban J connectivity index is 2.50. The Hall–Kier alpha value is -1.88. The third-order valence-electron chi connectivity index (χ3n) is 4.05. The highest BCUT2D eigenvalue weighted by Crippen LogP contribution is 2.30. The first kappa shape index (κ1) is 16.5. The molecule has 2 N–H and O–H groups in total. The molecule has 2 rings (SSSR count). The largest absolute Gasteiger partial charge is 0.351 e. The van der Waals surface area contributed by atoms with Crippen LogP contribution in [-0.2, 0) is 4.79 Å². The fourth-order valence-corrected chi connectivity index (χ4v) is 3.07. The fourth-order valence-electron chi connectivity index (χ4n) is 2.80. The molecule has 0 unspecified atom stereocenters. The Morgan fingerprint density at radius 1 is 1.23 bits per heavy atom. The highest BCUT2D eigenvalue weighted by molar-refractivity contribution is 7.80. The molecule has 1 aliphatic heterocycles. The third kappa shape index (κ3) is 3.14. The topological polar surface area (TPSA) is 44.4 Å². The monoisotopic (exact) mass is 317 g/mol. The normalized spacial score (nSPS) is 17.8. The van der Waals surface area contributed by atoms with Gasteiger partial charge in [0, 0.05) is 18.8 Å². The Bertz CT molecular complexity index is 620. The second-order valence-electron chi connectivity index (χ2n) is 5.40. The van der Waals surface area contributed by atoms with Crippen molar-refractivity contribution in [3.63, 3.8) is 0 Å². The Morgan fingerprint density at radius 2 is 1.86 bits per heavy atom. The average molecular weight is 317 g/mol. The van der Waals surface area contributed by atoms with Crippen molar-refractivity contribution < 1.29 is 4.79 Å². The van der Waals surface area contributed by atoms with E-state index in [9.17, 15) is 4.79 Å². The number of benzene rings is 1. The van der Waals surface area contributed by atoms with Crippen LogP contribution in [0, 0.1) is 6.92 Å². The summed E-state index contributed by atoms with van der Waals surface area (Å²) in [4.78, 5) is 14.8. The van der Waals surface area contributed by atoms with E-state index in [1.807, 2.05) is 43.9 Å². The van der Waals surface area contributed by atoms with E-state index in [-0.39, 0.29) is 11.9 Å². The lowest BCUT2D eigenvalue weighted by Crippen LogP contribution is -2.47. The molecule has 1 heterocycles. The highest BCUT2D eigenvalue weighted by Gasteiger charge is 2.32. The van der Waals surface area contributed by atoms with Gasteiger partial charge in [-0.3, -0.25) is 4.79 Å². The molecule has 0 spiro atoms. The van der Waals surface area contributed by atoms with Crippen LogP contribution in [0.1, 0.15) is 37.9 Å². The lowest BCUT2D eigenvalue weighted by molar-refractivity contribution is -0.127. The summed E-state index contributed by atoms with van der Waals surface area (Å²) in [5.41, 5.74) is 3.80. The third-order valence-corrected chi connectivity index (χ3v) is 4.27. The SMILES string of the molecule is CCN(CC)C(=O)C1=C(C)NC(=S)N[C@@H]1c1ccccc1C. The molecule has 1 atom stereocenters. The molecule has 1 amide bonds. The van der Waals surface area contributed by atoms with Crippen LogP contribution in [-0.4, -0.2) is 29.0 Å². The van der Waals surface area contributed by atoms with E-state index >= 15 is 0 Å². The van der Waals surface area contributed by atoms with Crippen LogP contribution in [0.4, 0.5) is 0 Å². The Kier molecular flexibility index (Phi) is 5.19. The second kappa shape index (κ2) is 6.92. The van der Waals surface area contributed by atoms with Crippen molar-refractivity contribution in [3.05, 3.63) is 46.7 Å². The van der Waals surface area contributed by atoms with Gasteiger partial charge < -0.3 is 15.5 Å². The molecule has 0 bridgehead atoms. The van der Waals surface area contributed by atoms with Gasteiger partial charge in [-0.1, -0.05) is 24.3 Å².